The van der Waals surface area contributed by atoms with Crippen molar-refractivity contribution in [1.29, 1.82) is 0 Å². The predicted molar refractivity (Wildman–Crippen MR) is 63.7 cm³/mol. The highest BCUT2D eigenvalue weighted by Gasteiger charge is 2.14. The number of para-hydroxylation sites is 1. The van der Waals surface area contributed by atoms with E-state index in [0.717, 1.165) is 24.8 Å². The van der Waals surface area contributed by atoms with Crippen LogP contribution in [0, 0.1) is 0 Å². The SMILES string of the molecule is CCCCC(CCC)c1ccccc1[O]. The topological polar surface area (TPSA) is 19.9 Å². The highest BCUT2D eigenvalue weighted by Crippen LogP contribution is 2.32. The zero-order chi connectivity index (χ0) is 11.1. The molecule has 1 heteroatoms. The van der Waals surface area contributed by atoms with E-state index in [-0.39, 0.29) is 5.75 Å². The Bertz CT molecular complexity index is 280. The molecule has 1 rings (SSSR count). The minimum atomic E-state index is 0.215. The summed E-state index contributed by atoms with van der Waals surface area (Å²) in [5.74, 6) is 0.690. The highest BCUT2D eigenvalue weighted by molar-refractivity contribution is 5.34. The Labute approximate surface area is 93.1 Å². The molecule has 1 aromatic rings. The van der Waals surface area contributed by atoms with Crippen LogP contribution in [-0.2, 0) is 5.11 Å². The van der Waals surface area contributed by atoms with Crippen molar-refractivity contribution in [3.8, 4) is 5.75 Å². The summed E-state index contributed by atoms with van der Waals surface area (Å²) in [6.45, 7) is 4.39. The average Bonchev–Trinajstić information content (AvgIpc) is 2.25. The summed E-state index contributed by atoms with van der Waals surface area (Å²) < 4.78 is 0. The molecule has 0 fully saturated rings. The van der Waals surface area contributed by atoms with Crippen LogP contribution in [0.2, 0.25) is 0 Å². The first-order chi connectivity index (χ1) is 7.29. The van der Waals surface area contributed by atoms with Gasteiger partial charge in [-0.3, -0.25) is 5.11 Å². The van der Waals surface area contributed by atoms with Crippen molar-refractivity contribution < 1.29 is 5.11 Å². The fourth-order valence-corrected chi connectivity index (χ4v) is 2.07. The second-order valence-electron chi connectivity index (χ2n) is 4.17. The van der Waals surface area contributed by atoms with Gasteiger partial charge in [0.2, 0.25) is 0 Å². The van der Waals surface area contributed by atoms with Gasteiger partial charge in [0, 0.05) is 5.56 Å². The van der Waals surface area contributed by atoms with Crippen LogP contribution < -0.4 is 0 Å². The Balaban J connectivity index is 2.74. The molecule has 0 aliphatic rings. The lowest BCUT2D eigenvalue weighted by Gasteiger charge is -2.16. The fraction of sp³-hybridized carbons (Fsp3) is 0.571. The van der Waals surface area contributed by atoms with Gasteiger partial charge in [0.25, 0.3) is 0 Å². The summed E-state index contributed by atoms with van der Waals surface area (Å²) in [6, 6.07) is 7.49. The highest BCUT2D eigenvalue weighted by atomic mass is 16.3. The molecule has 0 saturated carbocycles. The van der Waals surface area contributed by atoms with E-state index in [1.165, 1.54) is 12.8 Å². The predicted octanol–water partition coefficient (Wildman–Crippen LogP) is 4.90. The van der Waals surface area contributed by atoms with Gasteiger partial charge < -0.3 is 0 Å². The molecular weight excluding hydrogens is 184 g/mol. The van der Waals surface area contributed by atoms with Crippen molar-refractivity contribution in [3.05, 3.63) is 29.8 Å². The second-order valence-corrected chi connectivity index (χ2v) is 4.17. The maximum Gasteiger partial charge on any atom is 0.182 e. The zero-order valence-corrected chi connectivity index (χ0v) is 9.83. The molecule has 1 radical (unpaired) electrons. The Kier molecular flexibility index (Phi) is 5.23. The van der Waals surface area contributed by atoms with Crippen molar-refractivity contribution in [2.75, 3.05) is 0 Å². The Morgan fingerprint density at radius 2 is 1.80 bits per heavy atom. The van der Waals surface area contributed by atoms with E-state index in [2.05, 4.69) is 13.8 Å². The normalized spacial score (nSPS) is 12.7. The summed E-state index contributed by atoms with van der Waals surface area (Å²) in [5, 5.41) is 11.7. The van der Waals surface area contributed by atoms with E-state index >= 15 is 0 Å². The van der Waals surface area contributed by atoms with Crippen LogP contribution in [0.3, 0.4) is 0 Å². The average molecular weight is 205 g/mol. The lowest BCUT2D eigenvalue weighted by Crippen LogP contribution is -1.98. The molecule has 0 aliphatic heterocycles. The van der Waals surface area contributed by atoms with Gasteiger partial charge in [0.15, 0.2) is 5.75 Å². The Hall–Kier alpha value is -0.980. The molecule has 0 bridgehead atoms. The molecule has 1 unspecified atom stereocenters. The molecule has 15 heavy (non-hydrogen) atoms. The summed E-state index contributed by atoms with van der Waals surface area (Å²) in [7, 11) is 0. The van der Waals surface area contributed by atoms with E-state index in [0.29, 0.717) is 5.92 Å². The van der Waals surface area contributed by atoms with Crippen LogP contribution in [0.1, 0.15) is 57.4 Å². The third-order valence-corrected chi connectivity index (χ3v) is 2.90. The first-order valence-electron chi connectivity index (χ1n) is 6.05. The van der Waals surface area contributed by atoms with Crippen LogP contribution in [0.25, 0.3) is 0 Å². The Morgan fingerprint density at radius 3 is 2.40 bits per heavy atom. The van der Waals surface area contributed by atoms with Gasteiger partial charge in [-0.1, -0.05) is 51.3 Å². The van der Waals surface area contributed by atoms with Gasteiger partial charge >= 0.3 is 0 Å². The van der Waals surface area contributed by atoms with Gasteiger partial charge in [0.1, 0.15) is 0 Å². The standard InChI is InChI=1S/C14H21O/c1-3-5-9-12(8-4-2)13-10-6-7-11-14(13)15/h6-7,10-12H,3-5,8-9H2,1-2H3. The van der Waals surface area contributed by atoms with E-state index in [1.807, 2.05) is 18.2 Å². The fourth-order valence-electron chi connectivity index (χ4n) is 2.07. The summed E-state index contributed by atoms with van der Waals surface area (Å²) in [5.41, 5.74) is 1.02. The van der Waals surface area contributed by atoms with Gasteiger partial charge in [-0.25, -0.2) is 0 Å². The van der Waals surface area contributed by atoms with Crippen molar-refractivity contribution in [2.45, 2.75) is 51.9 Å². The van der Waals surface area contributed by atoms with Crippen LogP contribution in [0.4, 0.5) is 0 Å². The molecular formula is C14H21O. The smallest absolute Gasteiger partial charge is 0.182 e. The molecule has 0 aromatic heterocycles. The molecule has 0 N–H and O–H groups in total. The summed E-state index contributed by atoms with van der Waals surface area (Å²) in [4.78, 5) is 0. The number of hydrogen-bond donors (Lipinski definition) is 0. The van der Waals surface area contributed by atoms with Crippen LogP contribution in [0.5, 0.6) is 5.75 Å². The summed E-state index contributed by atoms with van der Waals surface area (Å²) in [6.07, 6.45) is 5.88. The molecule has 0 spiro atoms. The van der Waals surface area contributed by atoms with Gasteiger partial charge in [0.05, 0.1) is 0 Å². The Morgan fingerprint density at radius 1 is 1.07 bits per heavy atom. The molecule has 1 aromatic carbocycles. The molecule has 0 heterocycles. The van der Waals surface area contributed by atoms with E-state index < -0.39 is 0 Å². The lowest BCUT2D eigenvalue weighted by atomic mass is 9.89. The van der Waals surface area contributed by atoms with Gasteiger partial charge in [-0.05, 0) is 24.8 Å². The molecule has 0 amide bonds. The zero-order valence-electron chi connectivity index (χ0n) is 9.83. The maximum atomic E-state index is 11.7. The minimum Gasteiger partial charge on any atom is -0.290 e. The first-order valence-corrected chi connectivity index (χ1v) is 6.05. The molecule has 1 atom stereocenters. The van der Waals surface area contributed by atoms with Crippen LogP contribution in [-0.4, -0.2) is 0 Å². The minimum absolute atomic E-state index is 0.215. The van der Waals surface area contributed by atoms with Crippen LogP contribution >= 0.6 is 0 Å². The first kappa shape index (κ1) is 12.1. The van der Waals surface area contributed by atoms with Crippen molar-refractivity contribution >= 4 is 0 Å². The van der Waals surface area contributed by atoms with Gasteiger partial charge in [-0.15, -0.1) is 0 Å². The third-order valence-electron chi connectivity index (χ3n) is 2.90. The van der Waals surface area contributed by atoms with Crippen molar-refractivity contribution in [1.82, 2.24) is 0 Å². The van der Waals surface area contributed by atoms with Crippen molar-refractivity contribution in [2.24, 2.45) is 0 Å². The molecule has 1 nitrogen and oxygen atoms in total. The van der Waals surface area contributed by atoms with E-state index in [9.17, 15) is 5.11 Å². The van der Waals surface area contributed by atoms with Gasteiger partial charge in [-0.2, -0.15) is 0 Å². The van der Waals surface area contributed by atoms with Crippen molar-refractivity contribution in [3.63, 3.8) is 0 Å². The third kappa shape index (κ3) is 3.58. The summed E-state index contributed by atoms with van der Waals surface area (Å²) >= 11 is 0. The largest absolute Gasteiger partial charge is 0.290 e. The number of rotatable bonds is 6. The second kappa shape index (κ2) is 6.49. The number of hydrogen-bond acceptors (Lipinski definition) is 0. The molecule has 0 saturated heterocycles. The quantitative estimate of drug-likeness (QED) is 0.629. The molecule has 0 aliphatic carbocycles. The maximum absolute atomic E-state index is 11.7. The molecule has 83 valence electrons. The lowest BCUT2D eigenvalue weighted by molar-refractivity contribution is 0.343. The number of unbranched alkanes of at least 4 members (excludes halogenated alkanes) is 1. The number of benzene rings is 1. The van der Waals surface area contributed by atoms with E-state index in [1.54, 1.807) is 6.07 Å². The monoisotopic (exact) mass is 205 g/mol. The van der Waals surface area contributed by atoms with Crippen LogP contribution in [0.15, 0.2) is 24.3 Å². The van der Waals surface area contributed by atoms with E-state index in [4.69, 9.17) is 0 Å².